The maximum Gasteiger partial charge on any atom is 0.339 e. The molecule has 5 aromatic rings. The Morgan fingerprint density at radius 1 is 0.581 bits per heavy atom. The highest BCUT2D eigenvalue weighted by atomic mass is 16.5. The van der Waals surface area contributed by atoms with Crippen LogP contribution >= 0.6 is 0 Å². The van der Waals surface area contributed by atoms with E-state index < -0.39 is 5.97 Å². The molecule has 0 bridgehead atoms. The van der Waals surface area contributed by atoms with Gasteiger partial charge in [-0.3, -0.25) is 0 Å². The normalized spacial score (nSPS) is 11.6. The zero-order valence-corrected chi connectivity index (χ0v) is 23.2. The molecule has 0 fully saturated rings. The minimum absolute atomic E-state index is 0.288. The van der Waals surface area contributed by atoms with Crippen molar-refractivity contribution >= 4 is 29.0 Å². The molecule has 0 heterocycles. The second kappa shape index (κ2) is 12.3. The molecule has 6 nitrogen and oxygen atoms in total. The van der Waals surface area contributed by atoms with Crippen molar-refractivity contribution < 1.29 is 23.8 Å². The summed E-state index contributed by atoms with van der Waals surface area (Å²) in [6.07, 6.45) is 3.69. The number of allylic oxidation sites excluding steroid dienone is 1. The maximum absolute atomic E-state index is 11.9. The van der Waals surface area contributed by atoms with Crippen LogP contribution in [0.5, 0.6) is 23.0 Å². The molecule has 210 valence electrons. The third-order valence-electron chi connectivity index (χ3n) is 6.75. The lowest BCUT2D eigenvalue weighted by atomic mass is 10.0. The lowest BCUT2D eigenvalue weighted by Gasteiger charge is -2.26. The number of hydrogen-bond donors (Lipinski definition) is 0. The summed E-state index contributed by atoms with van der Waals surface area (Å²) in [6.45, 7) is 3.45. The predicted octanol–water partition coefficient (Wildman–Crippen LogP) is 8.94. The second-order valence-corrected chi connectivity index (χ2v) is 9.76. The quantitative estimate of drug-likeness (QED) is 0.0957. The van der Waals surface area contributed by atoms with Crippen LogP contribution in [-0.4, -0.2) is 11.9 Å². The number of ether oxygens (including phenoxy) is 3. The number of hydrogen-bond acceptors (Lipinski definition) is 6. The third-order valence-corrected chi connectivity index (χ3v) is 6.75. The Morgan fingerprint density at radius 2 is 1.02 bits per heavy atom. The van der Waals surface area contributed by atoms with Gasteiger partial charge >= 0.3 is 11.9 Å². The minimum Gasteiger partial charge on any atom is -0.457 e. The Hall–Kier alpha value is -5.88. The van der Waals surface area contributed by atoms with Gasteiger partial charge < -0.3 is 19.1 Å². The van der Waals surface area contributed by atoms with Gasteiger partial charge in [0.05, 0.1) is 0 Å². The van der Waals surface area contributed by atoms with Crippen LogP contribution in [0.4, 0.5) is 17.1 Å². The second-order valence-electron chi connectivity index (χ2n) is 9.76. The first-order valence-corrected chi connectivity index (χ1v) is 13.7. The number of carbonyl (C=O) groups is 2. The standard InChI is InChI=1S/C37H27NO5/c1-2-36(39)42-34-24-18-31(19-25-34)38(30-16-22-33(23-17-30)41-32-6-4-3-5-7-32)29-14-10-26(11-15-29)27-12-20-35(21-13-27)43-37(40)28-8-9-28/h2-8,10-25H,1,9H2. The predicted molar refractivity (Wildman–Crippen MR) is 167 cm³/mol. The summed E-state index contributed by atoms with van der Waals surface area (Å²) in [7, 11) is 0. The van der Waals surface area contributed by atoms with Crippen LogP contribution in [0.25, 0.3) is 11.1 Å². The molecule has 6 heteroatoms. The summed E-state index contributed by atoms with van der Waals surface area (Å²) >= 11 is 0. The Morgan fingerprint density at radius 3 is 1.56 bits per heavy atom. The van der Waals surface area contributed by atoms with Crippen LogP contribution in [0, 0.1) is 0 Å². The van der Waals surface area contributed by atoms with Gasteiger partial charge in [0.2, 0.25) is 0 Å². The highest BCUT2D eigenvalue weighted by Gasteiger charge is 2.19. The zero-order valence-electron chi connectivity index (χ0n) is 23.2. The summed E-state index contributed by atoms with van der Waals surface area (Å²) in [5.74, 6) is 1.63. The van der Waals surface area contributed by atoms with E-state index in [1.54, 1.807) is 24.3 Å². The number of carbonyl (C=O) groups excluding carboxylic acids is 2. The first-order chi connectivity index (χ1) is 21.1. The molecule has 1 aliphatic rings. The SMILES string of the molecule is C=CC(=O)Oc1ccc(N(c2ccc(Oc3ccccc3)cc2)c2ccc(-c3ccc(OC(=O)C4=CC4)cc3)cc2)cc1. The lowest BCUT2D eigenvalue weighted by molar-refractivity contribution is -0.130. The fourth-order valence-electron chi connectivity index (χ4n) is 4.46. The smallest absolute Gasteiger partial charge is 0.339 e. The largest absolute Gasteiger partial charge is 0.457 e. The van der Waals surface area contributed by atoms with Crippen LogP contribution in [0.1, 0.15) is 6.42 Å². The van der Waals surface area contributed by atoms with Crippen molar-refractivity contribution in [2.24, 2.45) is 0 Å². The molecule has 6 rings (SSSR count). The van der Waals surface area contributed by atoms with Crippen molar-refractivity contribution in [2.75, 3.05) is 4.90 Å². The number of para-hydroxylation sites is 1. The molecular weight excluding hydrogens is 538 g/mol. The molecule has 0 atom stereocenters. The Kier molecular flexibility index (Phi) is 7.82. The molecule has 1 aliphatic carbocycles. The van der Waals surface area contributed by atoms with E-state index in [2.05, 4.69) is 11.5 Å². The molecule has 0 amide bonds. The molecule has 5 aromatic carbocycles. The van der Waals surface area contributed by atoms with Crippen molar-refractivity contribution in [1.82, 2.24) is 0 Å². The highest BCUT2D eigenvalue weighted by molar-refractivity contribution is 5.94. The summed E-state index contributed by atoms with van der Waals surface area (Å²) in [4.78, 5) is 25.7. The average Bonchev–Trinajstić information content (AvgIpc) is 3.90. The van der Waals surface area contributed by atoms with Gasteiger partial charge in [0.1, 0.15) is 23.0 Å². The van der Waals surface area contributed by atoms with E-state index in [1.165, 1.54) is 0 Å². The van der Waals surface area contributed by atoms with Crippen LogP contribution in [0.3, 0.4) is 0 Å². The fourth-order valence-corrected chi connectivity index (χ4v) is 4.46. The van der Waals surface area contributed by atoms with Crippen LogP contribution in [0.2, 0.25) is 0 Å². The lowest BCUT2D eigenvalue weighted by Crippen LogP contribution is -2.10. The van der Waals surface area contributed by atoms with Crippen molar-refractivity contribution in [1.29, 1.82) is 0 Å². The molecule has 0 spiro atoms. The molecule has 0 aliphatic heterocycles. The van der Waals surface area contributed by atoms with Gasteiger partial charge in [-0.25, -0.2) is 9.59 Å². The summed E-state index contributed by atoms with van der Waals surface area (Å²) in [6, 6.07) is 40.4. The van der Waals surface area contributed by atoms with E-state index in [4.69, 9.17) is 14.2 Å². The van der Waals surface area contributed by atoms with Gasteiger partial charge in [0.15, 0.2) is 0 Å². The Balaban J connectivity index is 1.26. The number of esters is 2. The molecule has 0 saturated carbocycles. The van der Waals surface area contributed by atoms with Gasteiger partial charge in [0.25, 0.3) is 0 Å². The molecule has 0 radical (unpaired) electrons. The number of benzene rings is 5. The van der Waals surface area contributed by atoms with Gasteiger partial charge in [-0.2, -0.15) is 0 Å². The summed E-state index contributed by atoms with van der Waals surface area (Å²) < 4.78 is 16.7. The first kappa shape index (κ1) is 27.3. The Labute approximate surface area is 249 Å². The van der Waals surface area contributed by atoms with E-state index in [0.717, 1.165) is 51.3 Å². The molecule has 0 aromatic heterocycles. The summed E-state index contributed by atoms with van der Waals surface area (Å²) in [5.41, 5.74) is 5.46. The summed E-state index contributed by atoms with van der Waals surface area (Å²) in [5, 5.41) is 0. The number of rotatable bonds is 10. The number of nitrogens with zero attached hydrogens (tertiary/aromatic N) is 1. The van der Waals surface area contributed by atoms with Crippen molar-refractivity contribution in [3.05, 3.63) is 152 Å². The van der Waals surface area contributed by atoms with Gasteiger partial charge in [-0.1, -0.05) is 55.1 Å². The minimum atomic E-state index is -0.513. The fraction of sp³-hybridized carbons (Fsp3) is 0.0270. The van der Waals surface area contributed by atoms with E-state index >= 15 is 0 Å². The zero-order chi connectivity index (χ0) is 29.6. The van der Waals surface area contributed by atoms with E-state index in [1.807, 2.05) is 109 Å². The van der Waals surface area contributed by atoms with Crippen LogP contribution in [-0.2, 0) is 9.59 Å². The maximum atomic E-state index is 11.9. The highest BCUT2D eigenvalue weighted by Crippen LogP contribution is 2.37. The van der Waals surface area contributed by atoms with E-state index in [9.17, 15) is 9.59 Å². The van der Waals surface area contributed by atoms with E-state index in [0.29, 0.717) is 17.9 Å². The average molecular weight is 566 g/mol. The van der Waals surface area contributed by atoms with Crippen molar-refractivity contribution in [3.8, 4) is 34.1 Å². The monoisotopic (exact) mass is 565 g/mol. The Bertz CT molecular complexity index is 1770. The molecule has 0 unspecified atom stereocenters. The van der Waals surface area contributed by atoms with Gasteiger partial charge in [-0.15, -0.1) is 0 Å². The van der Waals surface area contributed by atoms with Crippen LogP contribution in [0.15, 0.2) is 152 Å². The number of anilines is 3. The van der Waals surface area contributed by atoms with Crippen molar-refractivity contribution in [3.63, 3.8) is 0 Å². The molecule has 0 N–H and O–H groups in total. The molecular formula is C37H27NO5. The molecule has 43 heavy (non-hydrogen) atoms. The van der Waals surface area contributed by atoms with Crippen LogP contribution < -0.4 is 19.1 Å². The van der Waals surface area contributed by atoms with E-state index in [-0.39, 0.29) is 5.97 Å². The first-order valence-electron chi connectivity index (χ1n) is 13.7. The van der Waals surface area contributed by atoms with Gasteiger partial charge in [0, 0.05) is 28.7 Å². The third kappa shape index (κ3) is 6.72. The van der Waals surface area contributed by atoms with Crippen molar-refractivity contribution in [2.45, 2.75) is 6.42 Å². The van der Waals surface area contributed by atoms with Gasteiger partial charge in [-0.05, 0) is 102 Å². The topological polar surface area (TPSA) is 65.1 Å². The molecule has 0 saturated heterocycles.